The molecule has 0 saturated carbocycles. The van der Waals surface area contributed by atoms with Crippen molar-refractivity contribution in [3.05, 3.63) is 45.9 Å². The fraction of sp³-hybridized carbons (Fsp3) is 0.286. The van der Waals surface area contributed by atoms with Crippen LogP contribution in [-0.4, -0.2) is 22.5 Å². The maximum absolute atomic E-state index is 11.9. The molecule has 0 unspecified atom stereocenters. The van der Waals surface area contributed by atoms with E-state index in [4.69, 9.17) is 17.3 Å². The molecule has 1 aromatic heterocycles. The summed E-state index contributed by atoms with van der Waals surface area (Å²) in [5.74, 6) is -0.458. The van der Waals surface area contributed by atoms with Gasteiger partial charge in [-0.3, -0.25) is 4.79 Å². The Balaban J connectivity index is 1.78. The zero-order valence-corrected chi connectivity index (χ0v) is 12.8. The second-order valence-electron chi connectivity index (χ2n) is 4.50. The van der Waals surface area contributed by atoms with Gasteiger partial charge in [-0.05, 0) is 18.9 Å². The number of benzene rings is 1. The van der Waals surface area contributed by atoms with Crippen molar-refractivity contribution in [1.82, 2.24) is 10.3 Å². The van der Waals surface area contributed by atoms with Crippen molar-refractivity contribution in [2.75, 3.05) is 12.3 Å². The molecule has 0 saturated heterocycles. The lowest BCUT2D eigenvalue weighted by atomic mass is 10.1. The van der Waals surface area contributed by atoms with E-state index in [9.17, 15) is 9.90 Å². The third-order valence-corrected chi connectivity index (χ3v) is 3.99. The number of hydrogen-bond acceptors (Lipinski definition) is 5. The summed E-state index contributed by atoms with van der Waals surface area (Å²) in [5.41, 5.74) is 6.86. The van der Waals surface area contributed by atoms with Crippen LogP contribution in [0.2, 0.25) is 5.02 Å². The van der Waals surface area contributed by atoms with Crippen LogP contribution >= 0.6 is 22.9 Å². The molecule has 0 radical (unpaired) electrons. The molecule has 0 fully saturated rings. The molecule has 0 bridgehead atoms. The van der Waals surface area contributed by atoms with Gasteiger partial charge in [-0.25, -0.2) is 4.98 Å². The largest absolute Gasteiger partial charge is 0.378 e. The van der Waals surface area contributed by atoms with Gasteiger partial charge >= 0.3 is 0 Å². The monoisotopic (exact) mass is 325 g/mol. The molecule has 112 valence electrons. The molecule has 1 heterocycles. The number of halogens is 1. The molecule has 0 aliphatic rings. The number of carbonyl (C=O) groups excluding carboxylic acids is 1. The highest BCUT2D eigenvalue weighted by atomic mass is 35.5. The van der Waals surface area contributed by atoms with Gasteiger partial charge in [0.05, 0.1) is 5.69 Å². The number of aromatic nitrogens is 1. The second kappa shape index (κ2) is 7.40. The molecule has 1 amide bonds. The summed E-state index contributed by atoms with van der Waals surface area (Å²) in [4.78, 5) is 16.0. The molecule has 2 rings (SSSR count). The van der Waals surface area contributed by atoms with Gasteiger partial charge in [0.15, 0.2) is 11.2 Å². The van der Waals surface area contributed by atoms with Crippen molar-refractivity contribution < 1.29 is 9.90 Å². The van der Waals surface area contributed by atoms with Crippen molar-refractivity contribution in [3.8, 4) is 0 Å². The molecule has 1 aromatic carbocycles. The van der Waals surface area contributed by atoms with Crippen LogP contribution in [0.15, 0.2) is 29.6 Å². The minimum atomic E-state index is -1.26. The number of anilines is 1. The maximum Gasteiger partial charge on any atom is 0.253 e. The third-order valence-electron chi connectivity index (χ3n) is 2.93. The minimum Gasteiger partial charge on any atom is -0.378 e. The molecule has 0 spiro atoms. The Kier molecular flexibility index (Phi) is 5.55. The Labute approximate surface area is 131 Å². The smallest absolute Gasteiger partial charge is 0.253 e. The lowest BCUT2D eigenvalue weighted by Gasteiger charge is -2.12. The van der Waals surface area contributed by atoms with Crippen LogP contribution in [0, 0.1) is 0 Å². The highest BCUT2D eigenvalue weighted by Crippen LogP contribution is 2.22. The van der Waals surface area contributed by atoms with E-state index in [0.29, 0.717) is 22.3 Å². The van der Waals surface area contributed by atoms with Crippen LogP contribution < -0.4 is 11.1 Å². The molecular weight excluding hydrogens is 310 g/mol. The molecule has 4 N–H and O–H groups in total. The number of nitrogen functional groups attached to an aromatic ring is 1. The zero-order chi connectivity index (χ0) is 15.2. The van der Waals surface area contributed by atoms with Crippen molar-refractivity contribution in [1.29, 1.82) is 0 Å². The molecule has 0 aliphatic carbocycles. The van der Waals surface area contributed by atoms with Crippen LogP contribution in [0.4, 0.5) is 5.13 Å². The number of thiazole rings is 1. The number of nitrogens with one attached hydrogen (secondary N) is 1. The van der Waals surface area contributed by atoms with E-state index in [0.717, 1.165) is 18.5 Å². The van der Waals surface area contributed by atoms with Crippen LogP contribution in [0.25, 0.3) is 0 Å². The van der Waals surface area contributed by atoms with Crippen LogP contribution in [0.5, 0.6) is 0 Å². The van der Waals surface area contributed by atoms with Crippen molar-refractivity contribution >= 4 is 34.0 Å². The first-order chi connectivity index (χ1) is 10.1. The van der Waals surface area contributed by atoms with Gasteiger partial charge in [-0.2, -0.15) is 0 Å². The average Bonchev–Trinajstić information content (AvgIpc) is 2.89. The van der Waals surface area contributed by atoms with E-state index in [1.54, 1.807) is 24.3 Å². The van der Waals surface area contributed by atoms with E-state index >= 15 is 0 Å². The highest BCUT2D eigenvalue weighted by molar-refractivity contribution is 7.13. The first-order valence-corrected chi connectivity index (χ1v) is 7.74. The third kappa shape index (κ3) is 4.42. The normalized spacial score (nSPS) is 12.1. The molecule has 0 aliphatic heterocycles. The van der Waals surface area contributed by atoms with Crippen LogP contribution in [0.3, 0.4) is 0 Å². The number of aliphatic hydroxyl groups excluding tert-OH is 1. The Hall–Kier alpha value is -1.63. The van der Waals surface area contributed by atoms with Gasteiger partial charge in [-0.1, -0.05) is 29.8 Å². The fourth-order valence-corrected chi connectivity index (χ4v) is 2.69. The second-order valence-corrected chi connectivity index (χ2v) is 5.79. The first kappa shape index (κ1) is 15.8. The van der Waals surface area contributed by atoms with Crippen molar-refractivity contribution in [3.63, 3.8) is 0 Å². The standard InChI is InChI=1S/C14H16ClN3O2S/c15-11-6-2-1-5-10(11)12(19)13(20)17-7-3-4-9-8-21-14(16)18-9/h1-2,5-6,8,12,19H,3-4,7H2,(H2,16,18)(H,17,20)/t12-/m0/s1. The minimum absolute atomic E-state index is 0.373. The summed E-state index contributed by atoms with van der Waals surface area (Å²) < 4.78 is 0. The fourth-order valence-electron chi connectivity index (χ4n) is 1.85. The van der Waals surface area contributed by atoms with Gasteiger partial charge in [0.25, 0.3) is 5.91 Å². The van der Waals surface area contributed by atoms with Gasteiger partial charge in [0, 0.05) is 22.5 Å². The van der Waals surface area contributed by atoms with E-state index in [1.165, 1.54) is 11.3 Å². The lowest BCUT2D eigenvalue weighted by Crippen LogP contribution is -2.30. The number of hydrogen-bond donors (Lipinski definition) is 3. The number of aliphatic hydroxyl groups is 1. The van der Waals surface area contributed by atoms with E-state index in [2.05, 4.69) is 10.3 Å². The molecule has 1 atom stereocenters. The van der Waals surface area contributed by atoms with Gasteiger partial charge in [-0.15, -0.1) is 11.3 Å². The molecule has 7 heteroatoms. The zero-order valence-electron chi connectivity index (χ0n) is 11.3. The predicted octanol–water partition coefficient (Wildman–Crippen LogP) is 2.16. The SMILES string of the molecule is Nc1nc(CCCNC(=O)[C@@H](O)c2ccccc2Cl)cs1. The van der Waals surface area contributed by atoms with Crippen molar-refractivity contribution in [2.24, 2.45) is 0 Å². The Morgan fingerprint density at radius 1 is 1.48 bits per heavy atom. The highest BCUT2D eigenvalue weighted by Gasteiger charge is 2.18. The van der Waals surface area contributed by atoms with Gasteiger partial charge in [0.1, 0.15) is 0 Å². The number of amides is 1. The summed E-state index contributed by atoms with van der Waals surface area (Å²) in [6.45, 7) is 0.456. The first-order valence-electron chi connectivity index (χ1n) is 6.48. The lowest BCUT2D eigenvalue weighted by molar-refractivity contribution is -0.129. The number of rotatable bonds is 6. The quantitative estimate of drug-likeness (QED) is 0.710. The molecule has 5 nitrogen and oxygen atoms in total. The van der Waals surface area contributed by atoms with Crippen LogP contribution in [-0.2, 0) is 11.2 Å². The van der Waals surface area contributed by atoms with Gasteiger partial charge < -0.3 is 16.2 Å². The van der Waals surface area contributed by atoms with E-state index in [-0.39, 0.29) is 0 Å². The number of nitrogens with zero attached hydrogens (tertiary/aromatic N) is 1. The molecule has 2 aromatic rings. The predicted molar refractivity (Wildman–Crippen MR) is 84.3 cm³/mol. The summed E-state index contributed by atoms with van der Waals surface area (Å²) in [5, 5.41) is 15.5. The summed E-state index contributed by atoms with van der Waals surface area (Å²) in [6.07, 6.45) is 0.203. The maximum atomic E-state index is 11.9. The van der Waals surface area contributed by atoms with Crippen molar-refractivity contribution in [2.45, 2.75) is 18.9 Å². The average molecular weight is 326 g/mol. The summed E-state index contributed by atoms with van der Waals surface area (Å²) in [7, 11) is 0. The molecular formula is C14H16ClN3O2S. The Bertz CT molecular complexity index is 618. The van der Waals surface area contributed by atoms with Crippen LogP contribution in [0.1, 0.15) is 23.8 Å². The summed E-state index contributed by atoms with van der Waals surface area (Å²) in [6, 6.07) is 6.74. The van der Waals surface area contributed by atoms with Gasteiger partial charge in [0.2, 0.25) is 0 Å². The number of aryl methyl sites for hydroxylation is 1. The number of carbonyl (C=O) groups is 1. The topological polar surface area (TPSA) is 88.2 Å². The summed E-state index contributed by atoms with van der Waals surface area (Å²) >= 11 is 7.35. The Morgan fingerprint density at radius 3 is 2.90 bits per heavy atom. The van der Waals surface area contributed by atoms with E-state index in [1.807, 2.05) is 5.38 Å². The Morgan fingerprint density at radius 2 is 2.24 bits per heavy atom. The number of nitrogens with two attached hydrogens (primary N) is 1. The van der Waals surface area contributed by atoms with E-state index < -0.39 is 12.0 Å². The molecule has 21 heavy (non-hydrogen) atoms.